The van der Waals surface area contributed by atoms with Gasteiger partial charge in [0.1, 0.15) is 6.61 Å². The van der Waals surface area contributed by atoms with Gasteiger partial charge in [0.2, 0.25) is 5.91 Å². The number of fused-ring (bicyclic) bond motifs is 3. The Hall–Kier alpha value is -3.39. The standard InChI is InChI=1S/C27H34N2O6/c1-3-4-9-18(14-24(30)28-17-27(2,34)15-25(31)32)29-26(33)35-16-23-21-12-7-5-10-19(21)20-11-6-8-13-22(20)23/h5-8,10-13,18,23,34H,3-4,9,14-17H2,1-2H3,(H,28,30)(H,29,33)(H,31,32). The van der Waals surface area contributed by atoms with E-state index in [4.69, 9.17) is 9.84 Å². The molecule has 0 radical (unpaired) electrons. The van der Waals surface area contributed by atoms with Gasteiger partial charge in [-0.05, 0) is 35.6 Å². The number of ether oxygens (including phenoxy) is 1. The van der Waals surface area contributed by atoms with Crippen molar-refractivity contribution in [1.82, 2.24) is 10.6 Å². The average molecular weight is 483 g/mol. The molecule has 0 fully saturated rings. The van der Waals surface area contributed by atoms with Crippen LogP contribution < -0.4 is 10.6 Å². The van der Waals surface area contributed by atoms with E-state index in [9.17, 15) is 19.5 Å². The van der Waals surface area contributed by atoms with Crippen LogP contribution in [-0.2, 0) is 14.3 Å². The number of hydrogen-bond acceptors (Lipinski definition) is 5. The molecule has 1 aliphatic carbocycles. The van der Waals surface area contributed by atoms with Gasteiger partial charge in [0.15, 0.2) is 0 Å². The summed E-state index contributed by atoms with van der Waals surface area (Å²) in [7, 11) is 0. The van der Waals surface area contributed by atoms with E-state index in [2.05, 4.69) is 34.9 Å². The number of alkyl carbamates (subject to hydrolysis) is 1. The molecular formula is C27H34N2O6. The zero-order valence-electron chi connectivity index (χ0n) is 20.3. The number of carbonyl (C=O) groups excluding carboxylic acids is 2. The van der Waals surface area contributed by atoms with E-state index in [1.807, 2.05) is 31.2 Å². The summed E-state index contributed by atoms with van der Waals surface area (Å²) < 4.78 is 5.60. The number of unbranched alkanes of at least 4 members (excludes halogenated alkanes) is 1. The van der Waals surface area contributed by atoms with Crippen molar-refractivity contribution in [3.63, 3.8) is 0 Å². The molecule has 2 aromatic rings. The molecule has 2 aromatic carbocycles. The first kappa shape index (κ1) is 26.2. The van der Waals surface area contributed by atoms with Crippen molar-refractivity contribution in [2.24, 2.45) is 0 Å². The highest BCUT2D eigenvalue weighted by Gasteiger charge is 2.30. The summed E-state index contributed by atoms with van der Waals surface area (Å²) in [6, 6.07) is 15.8. The summed E-state index contributed by atoms with van der Waals surface area (Å²) in [6.07, 6.45) is 1.26. The largest absolute Gasteiger partial charge is 0.481 e. The van der Waals surface area contributed by atoms with Gasteiger partial charge in [0.25, 0.3) is 0 Å². The summed E-state index contributed by atoms with van der Waals surface area (Å²) in [6.45, 7) is 3.37. The lowest BCUT2D eigenvalue weighted by molar-refractivity contribution is -0.142. The third-order valence-electron chi connectivity index (χ3n) is 6.20. The highest BCUT2D eigenvalue weighted by Crippen LogP contribution is 2.44. The molecule has 0 saturated carbocycles. The molecule has 0 aromatic heterocycles. The Bertz CT molecular complexity index is 1010. The molecule has 0 spiro atoms. The molecule has 188 valence electrons. The molecule has 0 bridgehead atoms. The lowest BCUT2D eigenvalue weighted by Crippen LogP contribution is -2.45. The number of aliphatic carboxylic acids is 1. The Kier molecular flexibility index (Phi) is 8.87. The molecule has 0 aliphatic heterocycles. The van der Waals surface area contributed by atoms with Crippen molar-refractivity contribution >= 4 is 18.0 Å². The van der Waals surface area contributed by atoms with E-state index in [0.29, 0.717) is 6.42 Å². The van der Waals surface area contributed by atoms with Crippen LogP contribution in [0.5, 0.6) is 0 Å². The Balaban J connectivity index is 1.56. The molecular weight excluding hydrogens is 448 g/mol. The molecule has 0 heterocycles. The van der Waals surface area contributed by atoms with E-state index in [1.54, 1.807) is 0 Å². The maximum atomic E-state index is 12.6. The number of aliphatic hydroxyl groups is 1. The predicted octanol–water partition coefficient (Wildman–Crippen LogP) is 3.82. The van der Waals surface area contributed by atoms with Gasteiger partial charge in [-0.2, -0.15) is 0 Å². The topological polar surface area (TPSA) is 125 Å². The SMILES string of the molecule is CCCCC(CC(=O)NCC(C)(O)CC(=O)O)NC(=O)OCC1c2ccccc2-c2ccccc21. The molecule has 8 heteroatoms. The van der Waals surface area contributed by atoms with E-state index in [-0.39, 0.29) is 31.4 Å². The average Bonchev–Trinajstić information content (AvgIpc) is 3.13. The summed E-state index contributed by atoms with van der Waals surface area (Å²) in [4.78, 5) is 35.9. The number of rotatable bonds is 12. The van der Waals surface area contributed by atoms with Crippen molar-refractivity contribution < 1.29 is 29.3 Å². The van der Waals surface area contributed by atoms with E-state index in [0.717, 1.165) is 35.1 Å². The molecule has 0 saturated heterocycles. The first-order valence-corrected chi connectivity index (χ1v) is 12.0. The third-order valence-corrected chi connectivity index (χ3v) is 6.20. The Morgan fingerprint density at radius 3 is 2.23 bits per heavy atom. The zero-order chi connectivity index (χ0) is 25.4. The van der Waals surface area contributed by atoms with Gasteiger partial charge < -0.3 is 25.6 Å². The number of carbonyl (C=O) groups is 3. The number of nitrogens with one attached hydrogen (secondary N) is 2. The fourth-order valence-corrected chi connectivity index (χ4v) is 4.46. The number of benzene rings is 2. The number of hydrogen-bond donors (Lipinski definition) is 4. The first-order valence-electron chi connectivity index (χ1n) is 12.0. The summed E-state index contributed by atoms with van der Waals surface area (Å²) in [5.74, 6) is -1.58. The smallest absolute Gasteiger partial charge is 0.407 e. The molecule has 2 amide bonds. The minimum atomic E-state index is -1.55. The Morgan fingerprint density at radius 1 is 1.06 bits per heavy atom. The van der Waals surface area contributed by atoms with Crippen LogP contribution in [0.3, 0.4) is 0 Å². The number of amides is 2. The maximum Gasteiger partial charge on any atom is 0.407 e. The normalized spacial score (nSPS) is 14.8. The van der Waals surface area contributed by atoms with Crippen LogP contribution in [0.25, 0.3) is 11.1 Å². The first-order chi connectivity index (χ1) is 16.7. The quantitative estimate of drug-likeness (QED) is 0.365. The van der Waals surface area contributed by atoms with Crippen LogP contribution in [0, 0.1) is 0 Å². The second-order valence-corrected chi connectivity index (χ2v) is 9.36. The molecule has 35 heavy (non-hydrogen) atoms. The van der Waals surface area contributed by atoms with Gasteiger partial charge >= 0.3 is 12.1 Å². The second-order valence-electron chi connectivity index (χ2n) is 9.36. The lowest BCUT2D eigenvalue weighted by Gasteiger charge is -2.23. The minimum absolute atomic E-state index is 0.00729. The summed E-state index contributed by atoms with van der Waals surface area (Å²) >= 11 is 0. The third kappa shape index (κ3) is 7.29. The fourth-order valence-electron chi connectivity index (χ4n) is 4.46. The fraction of sp³-hybridized carbons (Fsp3) is 0.444. The van der Waals surface area contributed by atoms with Gasteiger partial charge in [-0.15, -0.1) is 0 Å². The maximum absolute atomic E-state index is 12.6. The highest BCUT2D eigenvalue weighted by molar-refractivity contribution is 5.79. The number of carboxylic acids is 1. The van der Waals surface area contributed by atoms with Gasteiger partial charge in [0.05, 0.1) is 12.0 Å². The minimum Gasteiger partial charge on any atom is -0.481 e. The van der Waals surface area contributed by atoms with Gasteiger partial charge in [0, 0.05) is 24.9 Å². The van der Waals surface area contributed by atoms with Gasteiger partial charge in [-0.25, -0.2) is 4.79 Å². The van der Waals surface area contributed by atoms with Gasteiger partial charge in [-0.1, -0.05) is 68.3 Å². The van der Waals surface area contributed by atoms with Crippen LogP contribution in [0.2, 0.25) is 0 Å². The van der Waals surface area contributed by atoms with Crippen molar-refractivity contribution in [1.29, 1.82) is 0 Å². The van der Waals surface area contributed by atoms with Gasteiger partial charge in [-0.3, -0.25) is 9.59 Å². The molecule has 3 rings (SSSR count). The second kappa shape index (κ2) is 11.8. The van der Waals surface area contributed by atoms with Crippen molar-refractivity contribution in [3.8, 4) is 11.1 Å². The van der Waals surface area contributed by atoms with Crippen LogP contribution in [0.4, 0.5) is 4.79 Å². The molecule has 4 N–H and O–H groups in total. The zero-order valence-corrected chi connectivity index (χ0v) is 20.3. The summed E-state index contributed by atoms with van der Waals surface area (Å²) in [5, 5.41) is 24.3. The highest BCUT2D eigenvalue weighted by atomic mass is 16.5. The van der Waals surface area contributed by atoms with Crippen LogP contribution in [0.15, 0.2) is 48.5 Å². The van der Waals surface area contributed by atoms with E-state index in [1.165, 1.54) is 6.92 Å². The van der Waals surface area contributed by atoms with E-state index < -0.39 is 30.1 Å². The Labute approximate surface area is 205 Å². The van der Waals surface area contributed by atoms with E-state index >= 15 is 0 Å². The van der Waals surface area contributed by atoms with Crippen LogP contribution in [0.1, 0.15) is 63.0 Å². The van der Waals surface area contributed by atoms with Crippen molar-refractivity contribution in [2.75, 3.05) is 13.2 Å². The lowest BCUT2D eigenvalue weighted by atomic mass is 9.98. The molecule has 2 unspecified atom stereocenters. The molecule has 8 nitrogen and oxygen atoms in total. The summed E-state index contributed by atoms with van der Waals surface area (Å²) in [5.41, 5.74) is 2.98. The van der Waals surface area contributed by atoms with Crippen molar-refractivity contribution in [3.05, 3.63) is 59.7 Å². The molecule has 1 aliphatic rings. The Morgan fingerprint density at radius 2 is 1.66 bits per heavy atom. The van der Waals surface area contributed by atoms with Crippen LogP contribution >= 0.6 is 0 Å². The monoisotopic (exact) mass is 482 g/mol. The van der Waals surface area contributed by atoms with Crippen molar-refractivity contribution in [2.45, 2.75) is 63.5 Å². The molecule has 2 atom stereocenters. The number of carboxylic acid groups (broad SMARTS) is 1. The predicted molar refractivity (Wildman–Crippen MR) is 132 cm³/mol. The van der Waals surface area contributed by atoms with Crippen LogP contribution in [-0.4, -0.2) is 53.0 Å².